The number of hydrogen-bond acceptors (Lipinski definition) is 4. The molecule has 0 aliphatic heterocycles. The number of sulfonamides is 1. The van der Waals surface area contributed by atoms with E-state index in [0.717, 1.165) is 4.90 Å². The van der Waals surface area contributed by atoms with Gasteiger partial charge in [-0.05, 0) is 56.5 Å². The molecule has 2 aromatic carbocycles. The highest BCUT2D eigenvalue weighted by Gasteiger charge is 2.18. The fourth-order valence-electron chi connectivity index (χ4n) is 2.07. The zero-order valence-corrected chi connectivity index (χ0v) is 15.4. The predicted molar refractivity (Wildman–Crippen MR) is 98.1 cm³/mol. The van der Waals surface area contributed by atoms with Gasteiger partial charge in [0.25, 0.3) is 15.9 Å². The van der Waals surface area contributed by atoms with E-state index >= 15 is 0 Å². The number of benzene rings is 2. The lowest BCUT2D eigenvalue weighted by molar-refractivity contribution is 0.0944. The first-order chi connectivity index (χ1) is 11.3. The summed E-state index contributed by atoms with van der Waals surface area (Å²) in [6.07, 6.45) is 1.92. The van der Waals surface area contributed by atoms with Gasteiger partial charge in [-0.15, -0.1) is 11.8 Å². The lowest BCUT2D eigenvalue weighted by Gasteiger charge is -2.14. The van der Waals surface area contributed by atoms with E-state index in [1.807, 2.05) is 20.1 Å². The second-order valence-electron chi connectivity index (χ2n) is 5.45. The maximum Gasteiger partial charge on any atom is 0.261 e. The molecule has 7 heteroatoms. The maximum atomic E-state index is 12.5. The third kappa shape index (κ3) is 4.52. The largest absolute Gasteiger partial charge is 0.350 e. The summed E-state index contributed by atoms with van der Waals surface area (Å²) in [5.41, 5.74) is 0.542. The lowest BCUT2D eigenvalue weighted by Crippen LogP contribution is -2.31. The second-order valence-corrected chi connectivity index (χ2v) is 8.02. The van der Waals surface area contributed by atoms with Gasteiger partial charge in [-0.1, -0.05) is 12.1 Å². The Morgan fingerprint density at radius 3 is 2.25 bits per heavy atom. The summed E-state index contributed by atoms with van der Waals surface area (Å²) in [6.45, 7) is 3.69. The van der Waals surface area contributed by atoms with Gasteiger partial charge in [0.05, 0.1) is 16.1 Å². The van der Waals surface area contributed by atoms with Crippen molar-refractivity contribution in [2.75, 3.05) is 11.0 Å². The molecule has 2 N–H and O–H groups in total. The van der Waals surface area contributed by atoms with Crippen LogP contribution in [0.4, 0.5) is 5.69 Å². The van der Waals surface area contributed by atoms with Crippen LogP contribution in [-0.4, -0.2) is 26.6 Å². The van der Waals surface area contributed by atoms with Gasteiger partial charge in [0.2, 0.25) is 0 Å². The van der Waals surface area contributed by atoms with Crippen molar-refractivity contribution in [3.05, 3.63) is 54.1 Å². The molecule has 0 aliphatic carbocycles. The van der Waals surface area contributed by atoms with E-state index in [1.54, 1.807) is 48.5 Å². The van der Waals surface area contributed by atoms with Crippen molar-refractivity contribution in [3.63, 3.8) is 0 Å². The van der Waals surface area contributed by atoms with Crippen molar-refractivity contribution in [1.29, 1.82) is 0 Å². The standard InChI is InChI=1S/C17H20N2O3S2/c1-12(2)18-17(20)15-6-4-5-7-16(15)19-24(21,22)14-10-8-13(23-3)9-11-14/h4-12,19H,1-3H3,(H,18,20). The first-order valence-corrected chi connectivity index (χ1v) is 10.1. The average Bonchev–Trinajstić information content (AvgIpc) is 2.54. The van der Waals surface area contributed by atoms with Crippen LogP contribution in [0.3, 0.4) is 0 Å². The molecule has 0 spiro atoms. The Balaban J connectivity index is 2.31. The second kappa shape index (κ2) is 7.72. The monoisotopic (exact) mass is 364 g/mol. The average molecular weight is 364 g/mol. The molecule has 0 saturated carbocycles. The Morgan fingerprint density at radius 1 is 1.04 bits per heavy atom. The summed E-state index contributed by atoms with van der Waals surface area (Å²) >= 11 is 1.54. The normalized spacial score (nSPS) is 11.3. The molecule has 1 amide bonds. The third-order valence-corrected chi connectivity index (χ3v) is 5.33. The Kier molecular flexibility index (Phi) is 5.90. The molecule has 128 valence electrons. The first-order valence-electron chi connectivity index (χ1n) is 7.40. The Hall–Kier alpha value is -1.99. The van der Waals surface area contributed by atoms with Crippen LogP contribution >= 0.6 is 11.8 Å². The molecule has 0 saturated heterocycles. The van der Waals surface area contributed by atoms with Crippen LogP contribution in [0.1, 0.15) is 24.2 Å². The van der Waals surface area contributed by atoms with E-state index in [2.05, 4.69) is 10.0 Å². The lowest BCUT2D eigenvalue weighted by atomic mass is 10.1. The molecule has 0 radical (unpaired) electrons. The highest BCUT2D eigenvalue weighted by atomic mass is 32.2. The number of anilines is 1. The summed E-state index contributed by atoms with van der Waals surface area (Å²) in [5, 5.41) is 2.76. The summed E-state index contributed by atoms with van der Waals surface area (Å²) in [7, 11) is -3.76. The number of nitrogens with one attached hydrogen (secondary N) is 2. The predicted octanol–water partition coefficient (Wildman–Crippen LogP) is 3.35. The van der Waals surface area contributed by atoms with E-state index < -0.39 is 10.0 Å². The van der Waals surface area contributed by atoms with E-state index in [0.29, 0.717) is 0 Å². The van der Waals surface area contributed by atoms with Crippen molar-refractivity contribution in [2.45, 2.75) is 29.7 Å². The number of hydrogen-bond donors (Lipinski definition) is 2. The first kappa shape index (κ1) is 18.4. The molecule has 0 bridgehead atoms. The van der Waals surface area contributed by atoms with Crippen LogP contribution in [0, 0.1) is 0 Å². The van der Waals surface area contributed by atoms with E-state index in [1.165, 1.54) is 11.8 Å². The molecule has 0 atom stereocenters. The van der Waals surface area contributed by atoms with E-state index in [-0.39, 0.29) is 28.1 Å². The third-order valence-electron chi connectivity index (χ3n) is 3.21. The van der Waals surface area contributed by atoms with Crippen molar-refractivity contribution in [1.82, 2.24) is 5.32 Å². The van der Waals surface area contributed by atoms with Crippen LogP contribution < -0.4 is 10.0 Å². The summed E-state index contributed by atoms with van der Waals surface area (Å²) in [6, 6.07) is 13.1. The SMILES string of the molecule is CSc1ccc(S(=O)(=O)Nc2ccccc2C(=O)NC(C)C)cc1. The zero-order valence-electron chi connectivity index (χ0n) is 13.7. The molecule has 0 aliphatic rings. The Morgan fingerprint density at radius 2 is 1.67 bits per heavy atom. The van der Waals surface area contributed by atoms with E-state index in [9.17, 15) is 13.2 Å². The minimum atomic E-state index is -3.76. The van der Waals surface area contributed by atoms with Gasteiger partial charge in [0, 0.05) is 10.9 Å². The number of amides is 1. The van der Waals surface area contributed by atoms with Gasteiger partial charge in [-0.2, -0.15) is 0 Å². The highest BCUT2D eigenvalue weighted by Crippen LogP contribution is 2.22. The number of para-hydroxylation sites is 1. The molecular weight excluding hydrogens is 344 g/mol. The summed E-state index contributed by atoms with van der Waals surface area (Å²) in [4.78, 5) is 13.4. The molecule has 2 rings (SSSR count). The van der Waals surface area contributed by atoms with Crippen LogP contribution in [0.25, 0.3) is 0 Å². The van der Waals surface area contributed by atoms with Gasteiger partial charge in [-0.25, -0.2) is 8.42 Å². The molecule has 0 aromatic heterocycles. The van der Waals surface area contributed by atoms with Crippen molar-refractivity contribution < 1.29 is 13.2 Å². The smallest absolute Gasteiger partial charge is 0.261 e. The molecule has 2 aromatic rings. The molecular formula is C17H20N2O3S2. The van der Waals surface area contributed by atoms with Gasteiger partial charge in [-0.3, -0.25) is 9.52 Å². The molecule has 0 heterocycles. The van der Waals surface area contributed by atoms with Gasteiger partial charge >= 0.3 is 0 Å². The topological polar surface area (TPSA) is 75.3 Å². The molecule has 24 heavy (non-hydrogen) atoms. The Labute approximate surface area is 146 Å². The van der Waals surface area contributed by atoms with Crippen molar-refractivity contribution in [2.24, 2.45) is 0 Å². The van der Waals surface area contributed by atoms with Crippen LogP contribution in [-0.2, 0) is 10.0 Å². The van der Waals surface area contributed by atoms with Crippen LogP contribution in [0.2, 0.25) is 0 Å². The minimum Gasteiger partial charge on any atom is -0.350 e. The number of rotatable bonds is 6. The summed E-state index contributed by atoms with van der Waals surface area (Å²) < 4.78 is 27.6. The quantitative estimate of drug-likeness (QED) is 0.771. The van der Waals surface area contributed by atoms with Crippen LogP contribution in [0.5, 0.6) is 0 Å². The minimum absolute atomic E-state index is 0.0405. The zero-order chi connectivity index (χ0) is 17.7. The number of carbonyl (C=O) groups excluding carboxylic acids is 1. The molecule has 5 nitrogen and oxygen atoms in total. The van der Waals surface area contributed by atoms with Gasteiger partial charge < -0.3 is 5.32 Å². The fraction of sp³-hybridized carbons (Fsp3) is 0.235. The number of carbonyl (C=O) groups is 1. The van der Waals surface area contributed by atoms with Gasteiger partial charge in [0.1, 0.15) is 0 Å². The van der Waals surface area contributed by atoms with Crippen LogP contribution in [0.15, 0.2) is 58.3 Å². The number of thioether (sulfide) groups is 1. The Bertz CT molecular complexity index is 816. The van der Waals surface area contributed by atoms with E-state index in [4.69, 9.17) is 0 Å². The highest BCUT2D eigenvalue weighted by molar-refractivity contribution is 7.98. The maximum absolute atomic E-state index is 12.5. The molecule has 0 fully saturated rings. The molecule has 0 unspecified atom stereocenters. The fourth-order valence-corrected chi connectivity index (χ4v) is 3.56. The van der Waals surface area contributed by atoms with Gasteiger partial charge in [0.15, 0.2) is 0 Å². The summed E-state index contributed by atoms with van der Waals surface area (Å²) in [5.74, 6) is -0.318. The van der Waals surface area contributed by atoms with Crippen molar-refractivity contribution >= 4 is 33.4 Å². The van der Waals surface area contributed by atoms with Crippen molar-refractivity contribution in [3.8, 4) is 0 Å².